The third kappa shape index (κ3) is 12.9. The molecule has 0 aliphatic carbocycles. The zero-order valence-corrected chi connectivity index (χ0v) is 15.6. The van der Waals surface area contributed by atoms with Gasteiger partial charge in [-0.2, -0.15) is 0 Å². The van der Waals surface area contributed by atoms with Crippen LogP contribution in [0.15, 0.2) is 60.7 Å². The second-order valence-electron chi connectivity index (χ2n) is 6.55. The highest BCUT2D eigenvalue weighted by molar-refractivity contribution is 5.50. The Bertz CT molecular complexity index is 450. The highest BCUT2D eigenvalue weighted by Gasteiger charge is 1.91. The normalized spacial score (nSPS) is 12.0. The summed E-state index contributed by atoms with van der Waals surface area (Å²) >= 11 is 0. The fraction of sp³-hybridized carbons (Fsp3) is 0.500. The molecule has 0 saturated carbocycles. The molecular weight excluding hydrogens is 288 g/mol. The number of benzene rings is 1. The molecule has 132 valence electrons. The zero-order chi connectivity index (χ0) is 17.1. The summed E-state index contributed by atoms with van der Waals surface area (Å²) in [4.78, 5) is 0. The van der Waals surface area contributed by atoms with Crippen molar-refractivity contribution in [1.29, 1.82) is 0 Å². The molecule has 0 aromatic heterocycles. The van der Waals surface area contributed by atoms with Gasteiger partial charge < -0.3 is 0 Å². The summed E-state index contributed by atoms with van der Waals surface area (Å²) in [7, 11) is 0. The molecular formula is C24H36. The van der Waals surface area contributed by atoms with Gasteiger partial charge in [-0.1, -0.05) is 131 Å². The molecule has 0 bridgehead atoms. The molecule has 24 heavy (non-hydrogen) atoms. The van der Waals surface area contributed by atoms with Gasteiger partial charge in [0, 0.05) is 0 Å². The highest BCUT2D eigenvalue weighted by Crippen LogP contribution is 2.11. The standard InChI is InChI=1S/C24H36/c1-2-3-4-5-6-7-8-9-10-11-12-13-14-15-16-18-21-24-22-19-17-20-23-24/h13-23H,2-12H2,1H3/b14-13+,16-15+,21-18?. The maximum Gasteiger partial charge on any atom is -0.0257 e. The van der Waals surface area contributed by atoms with Gasteiger partial charge >= 0.3 is 0 Å². The van der Waals surface area contributed by atoms with Crippen molar-refractivity contribution in [2.24, 2.45) is 0 Å². The Balaban J connectivity index is 1.89. The lowest BCUT2D eigenvalue weighted by Gasteiger charge is -2.01. The van der Waals surface area contributed by atoms with Gasteiger partial charge in [0.1, 0.15) is 0 Å². The zero-order valence-electron chi connectivity index (χ0n) is 15.6. The minimum Gasteiger partial charge on any atom is -0.0845 e. The van der Waals surface area contributed by atoms with E-state index in [9.17, 15) is 0 Å². The predicted octanol–water partition coefficient (Wildman–Crippen LogP) is 8.12. The average Bonchev–Trinajstić information content (AvgIpc) is 2.62. The van der Waals surface area contributed by atoms with E-state index in [0.717, 1.165) is 0 Å². The van der Waals surface area contributed by atoms with Gasteiger partial charge in [-0.3, -0.25) is 0 Å². The topological polar surface area (TPSA) is 0 Å². The molecule has 0 radical (unpaired) electrons. The summed E-state index contributed by atoms with van der Waals surface area (Å²) in [6.07, 6.45) is 28.2. The molecule has 0 heteroatoms. The van der Waals surface area contributed by atoms with E-state index in [0.29, 0.717) is 0 Å². The first-order valence-corrected chi connectivity index (χ1v) is 9.98. The average molecular weight is 325 g/mol. The van der Waals surface area contributed by atoms with Crippen LogP contribution in [0, 0.1) is 0 Å². The van der Waals surface area contributed by atoms with Crippen LogP contribution in [0.25, 0.3) is 6.08 Å². The number of hydrogen-bond donors (Lipinski definition) is 0. The number of hydrogen-bond acceptors (Lipinski definition) is 0. The minimum absolute atomic E-state index is 1.21. The van der Waals surface area contributed by atoms with Crippen LogP contribution in [0.3, 0.4) is 0 Å². The molecule has 0 unspecified atom stereocenters. The summed E-state index contributed by atoms with van der Waals surface area (Å²) in [6, 6.07) is 10.4. The Morgan fingerprint density at radius 3 is 1.88 bits per heavy atom. The quantitative estimate of drug-likeness (QED) is 0.239. The van der Waals surface area contributed by atoms with E-state index in [1.54, 1.807) is 0 Å². The van der Waals surface area contributed by atoms with Gasteiger partial charge in [-0.15, -0.1) is 0 Å². The summed E-state index contributed by atoms with van der Waals surface area (Å²) in [5, 5.41) is 0. The van der Waals surface area contributed by atoms with Crippen LogP contribution < -0.4 is 0 Å². The predicted molar refractivity (Wildman–Crippen MR) is 110 cm³/mol. The molecule has 1 rings (SSSR count). The van der Waals surface area contributed by atoms with Crippen molar-refractivity contribution in [3.05, 3.63) is 66.3 Å². The van der Waals surface area contributed by atoms with E-state index in [1.165, 1.54) is 76.2 Å². The van der Waals surface area contributed by atoms with Crippen molar-refractivity contribution >= 4 is 6.08 Å². The van der Waals surface area contributed by atoms with E-state index in [4.69, 9.17) is 0 Å². The molecule has 0 aliphatic heterocycles. The fourth-order valence-electron chi connectivity index (χ4n) is 2.78. The summed E-state index contributed by atoms with van der Waals surface area (Å²) in [5.41, 5.74) is 1.25. The van der Waals surface area contributed by atoms with Gasteiger partial charge in [0.15, 0.2) is 0 Å². The second-order valence-corrected chi connectivity index (χ2v) is 6.55. The van der Waals surface area contributed by atoms with E-state index in [2.05, 4.69) is 67.6 Å². The molecule has 0 aliphatic rings. The first kappa shape index (κ1) is 20.5. The molecule has 0 saturated heterocycles. The van der Waals surface area contributed by atoms with E-state index < -0.39 is 0 Å². The number of allylic oxidation sites excluding steroid dienone is 5. The van der Waals surface area contributed by atoms with Crippen LogP contribution in [0.1, 0.15) is 83.1 Å². The summed E-state index contributed by atoms with van der Waals surface area (Å²) in [6.45, 7) is 2.28. The van der Waals surface area contributed by atoms with Crippen molar-refractivity contribution in [3.8, 4) is 0 Å². The Kier molecular flexibility index (Phi) is 13.9. The number of rotatable bonds is 14. The Morgan fingerprint density at radius 1 is 0.625 bits per heavy atom. The van der Waals surface area contributed by atoms with Crippen LogP contribution in [0.4, 0.5) is 0 Å². The summed E-state index contributed by atoms with van der Waals surface area (Å²) in [5.74, 6) is 0. The van der Waals surface area contributed by atoms with Crippen molar-refractivity contribution in [2.75, 3.05) is 0 Å². The Morgan fingerprint density at radius 2 is 1.21 bits per heavy atom. The van der Waals surface area contributed by atoms with Crippen LogP contribution in [0.5, 0.6) is 0 Å². The molecule has 0 N–H and O–H groups in total. The van der Waals surface area contributed by atoms with Crippen molar-refractivity contribution in [2.45, 2.75) is 77.6 Å². The van der Waals surface area contributed by atoms with Gasteiger partial charge in [-0.25, -0.2) is 0 Å². The van der Waals surface area contributed by atoms with Crippen LogP contribution >= 0.6 is 0 Å². The van der Waals surface area contributed by atoms with Crippen LogP contribution in [-0.2, 0) is 0 Å². The lowest BCUT2D eigenvalue weighted by molar-refractivity contribution is 0.557. The first-order valence-electron chi connectivity index (χ1n) is 9.98. The van der Waals surface area contributed by atoms with Gasteiger partial charge in [-0.05, 0) is 18.4 Å². The minimum atomic E-state index is 1.21. The molecule has 0 spiro atoms. The van der Waals surface area contributed by atoms with Crippen LogP contribution in [-0.4, -0.2) is 0 Å². The van der Waals surface area contributed by atoms with E-state index in [-0.39, 0.29) is 0 Å². The molecule has 1 aromatic rings. The van der Waals surface area contributed by atoms with Gasteiger partial charge in [0.25, 0.3) is 0 Å². The molecule has 1 aromatic carbocycles. The van der Waals surface area contributed by atoms with E-state index in [1.807, 2.05) is 6.07 Å². The lowest BCUT2D eigenvalue weighted by Crippen LogP contribution is -1.81. The molecule has 0 heterocycles. The van der Waals surface area contributed by atoms with Gasteiger partial charge in [0.05, 0.1) is 0 Å². The second kappa shape index (κ2) is 16.3. The van der Waals surface area contributed by atoms with Crippen molar-refractivity contribution in [1.82, 2.24) is 0 Å². The molecule has 0 fully saturated rings. The Hall–Kier alpha value is -1.56. The maximum absolute atomic E-state index is 2.29. The molecule has 0 atom stereocenters. The van der Waals surface area contributed by atoms with Crippen LogP contribution in [0.2, 0.25) is 0 Å². The van der Waals surface area contributed by atoms with E-state index >= 15 is 0 Å². The highest BCUT2D eigenvalue weighted by atomic mass is 14.0. The molecule has 0 nitrogen and oxygen atoms in total. The third-order valence-electron chi connectivity index (χ3n) is 4.28. The molecule has 0 amide bonds. The summed E-state index contributed by atoms with van der Waals surface area (Å²) < 4.78 is 0. The SMILES string of the molecule is CCCCCCCCCCCC/C=C/C=C/C=Cc1ccccc1. The van der Waals surface area contributed by atoms with Crippen molar-refractivity contribution in [3.63, 3.8) is 0 Å². The Labute approximate surface area is 150 Å². The number of unbranched alkanes of at least 4 members (excludes halogenated alkanes) is 10. The lowest BCUT2D eigenvalue weighted by atomic mass is 10.1. The smallest absolute Gasteiger partial charge is 0.0257 e. The van der Waals surface area contributed by atoms with Gasteiger partial charge in [0.2, 0.25) is 0 Å². The monoisotopic (exact) mass is 324 g/mol. The fourth-order valence-corrected chi connectivity index (χ4v) is 2.78. The largest absolute Gasteiger partial charge is 0.0845 e. The third-order valence-corrected chi connectivity index (χ3v) is 4.28. The maximum atomic E-state index is 2.29. The van der Waals surface area contributed by atoms with Crippen molar-refractivity contribution < 1.29 is 0 Å². The first-order chi connectivity index (χ1) is 11.9.